The average Bonchev–Trinajstić information content (AvgIpc) is 3.20. The van der Waals surface area contributed by atoms with E-state index in [2.05, 4.69) is 15.6 Å². The molecule has 4 nitrogen and oxygen atoms in total. The molecule has 0 aliphatic carbocycles. The van der Waals surface area contributed by atoms with Crippen molar-refractivity contribution < 1.29 is 4.79 Å². The van der Waals surface area contributed by atoms with Gasteiger partial charge in [0.25, 0.3) is 5.91 Å². The fourth-order valence-corrected chi connectivity index (χ4v) is 4.27. The highest BCUT2D eigenvalue weighted by atomic mass is 32.1. The molecule has 1 aliphatic heterocycles. The third-order valence-electron chi connectivity index (χ3n) is 4.95. The van der Waals surface area contributed by atoms with Gasteiger partial charge in [0, 0.05) is 35.3 Å². The number of carbonyl (C=O) groups excluding carboxylic acids is 1. The molecule has 1 fully saturated rings. The van der Waals surface area contributed by atoms with Crippen molar-refractivity contribution >= 4 is 28.1 Å². The first-order valence-corrected chi connectivity index (χ1v) is 10.3. The van der Waals surface area contributed by atoms with E-state index in [1.807, 2.05) is 55.5 Å². The lowest BCUT2D eigenvalue weighted by Gasteiger charge is -2.25. The van der Waals surface area contributed by atoms with Crippen LogP contribution in [0.2, 0.25) is 0 Å². The molecular formula is C22H23N3OS. The van der Waals surface area contributed by atoms with Crippen LogP contribution in [0.25, 0.3) is 11.3 Å². The zero-order chi connectivity index (χ0) is 18.6. The first kappa shape index (κ1) is 17.7. The molecule has 0 spiro atoms. The summed E-state index contributed by atoms with van der Waals surface area (Å²) < 4.78 is 0. The summed E-state index contributed by atoms with van der Waals surface area (Å²) in [5.41, 5.74) is 4.53. The van der Waals surface area contributed by atoms with Gasteiger partial charge >= 0.3 is 0 Å². The maximum absolute atomic E-state index is 12.4. The van der Waals surface area contributed by atoms with Gasteiger partial charge in [0.2, 0.25) is 0 Å². The van der Waals surface area contributed by atoms with Crippen molar-refractivity contribution in [3.63, 3.8) is 0 Å². The van der Waals surface area contributed by atoms with E-state index in [0.29, 0.717) is 5.56 Å². The fraction of sp³-hybridized carbons (Fsp3) is 0.273. The molecule has 27 heavy (non-hydrogen) atoms. The zero-order valence-corrected chi connectivity index (χ0v) is 16.3. The Balaban J connectivity index is 1.45. The number of hydrogen-bond donors (Lipinski definition) is 1. The normalized spacial score (nSPS) is 14.2. The lowest BCUT2D eigenvalue weighted by atomic mass is 10.1. The van der Waals surface area contributed by atoms with E-state index in [-0.39, 0.29) is 5.91 Å². The number of piperidine rings is 1. The Bertz CT molecular complexity index is 927. The highest BCUT2D eigenvalue weighted by Gasteiger charge is 2.15. The van der Waals surface area contributed by atoms with E-state index in [0.717, 1.165) is 40.7 Å². The molecule has 0 radical (unpaired) electrons. The summed E-state index contributed by atoms with van der Waals surface area (Å²) in [7, 11) is 0. The average molecular weight is 378 g/mol. The summed E-state index contributed by atoms with van der Waals surface area (Å²) >= 11 is 1.71. The molecule has 5 heteroatoms. The molecule has 0 bridgehead atoms. The summed E-state index contributed by atoms with van der Waals surface area (Å²) in [6.45, 7) is 4.16. The van der Waals surface area contributed by atoms with Crippen LogP contribution >= 0.6 is 11.3 Å². The molecule has 1 N–H and O–H groups in total. The number of nitrogens with zero attached hydrogens (tertiary/aromatic N) is 2. The number of benzene rings is 2. The predicted octanol–water partition coefficient (Wildman–Crippen LogP) is 5.36. The van der Waals surface area contributed by atoms with Crippen LogP contribution in [0.4, 0.5) is 10.8 Å². The van der Waals surface area contributed by atoms with Gasteiger partial charge in [-0.1, -0.05) is 30.3 Å². The first-order chi connectivity index (χ1) is 13.2. The van der Waals surface area contributed by atoms with Gasteiger partial charge in [0.15, 0.2) is 5.13 Å². The van der Waals surface area contributed by atoms with Crippen molar-refractivity contribution in [3.05, 3.63) is 65.0 Å². The van der Waals surface area contributed by atoms with Crippen molar-refractivity contribution in [1.29, 1.82) is 0 Å². The number of aromatic nitrogens is 1. The Hall–Kier alpha value is -2.66. The number of anilines is 2. The topological polar surface area (TPSA) is 45.2 Å². The molecule has 1 aromatic heterocycles. The minimum Gasteiger partial charge on any atom is -0.348 e. The smallest absolute Gasteiger partial charge is 0.255 e. The van der Waals surface area contributed by atoms with Crippen LogP contribution in [0.3, 0.4) is 0 Å². The van der Waals surface area contributed by atoms with Crippen molar-refractivity contribution in [1.82, 2.24) is 4.98 Å². The Morgan fingerprint density at radius 3 is 2.52 bits per heavy atom. The van der Waals surface area contributed by atoms with Crippen molar-refractivity contribution in [2.45, 2.75) is 26.2 Å². The predicted molar refractivity (Wildman–Crippen MR) is 113 cm³/mol. The largest absolute Gasteiger partial charge is 0.348 e. The molecule has 2 heterocycles. The van der Waals surface area contributed by atoms with E-state index >= 15 is 0 Å². The Labute approximate surface area is 163 Å². The first-order valence-electron chi connectivity index (χ1n) is 9.38. The van der Waals surface area contributed by atoms with Gasteiger partial charge < -0.3 is 10.2 Å². The molecule has 3 aromatic rings. The van der Waals surface area contributed by atoms with Gasteiger partial charge in [-0.3, -0.25) is 4.79 Å². The van der Waals surface area contributed by atoms with Crippen LogP contribution in [0.5, 0.6) is 0 Å². The maximum atomic E-state index is 12.4. The number of rotatable bonds is 4. The van der Waals surface area contributed by atoms with Crippen molar-refractivity contribution in [2.75, 3.05) is 23.3 Å². The molecular weight excluding hydrogens is 354 g/mol. The third kappa shape index (κ3) is 4.03. The minimum absolute atomic E-state index is 0.0816. The van der Waals surface area contributed by atoms with Crippen LogP contribution in [0.15, 0.2) is 53.9 Å². The SMILES string of the molecule is Cc1ccccc1C(=O)Nc1ccc(-c2csc(N3CCCCC3)n2)cc1. The van der Waals surface area contributed by atoms with Gasteiger partial charge in [-0.2, -0.15) is 0 Å². The number of hydrogen-bond acceptors (Lipinski definition) is 4. The van der Waals surface area contributed by atoms with Crippen molar-refractivity contribution in [2.24, 2.45) is 0 Å². The van der Waals surface area contributed by atoms with Crippen LogP contribution < -0.4 is 10.2 Å². The van der Waals surface area contributed by atoms with Gasteiger partial charge in [0.05, 0.1) is 5.69 Å². The Morgan fingerprint density at radius 2 is 1.78 bits per heavy atom. The Morgan fingerprint density at radius 1 is 1.04 bits per heavy atom. The summed E-state index contributed by atoms with van der Waals surface area (Å²) in [5.74, 6) is -0.0816. The van der Waals surface area contributed by atoms with Crippen molar-refractivity contribution in [3.8, 4) is 11.3 Å². The molecule has 4 rings (SSSR count). The lowest BCUT2D eigenvalue weighted by molar-refractivity contribution is 0.102. The number of nitrogens with one attached hydrogen (secondary N) is 1. The van der Waals surface area contributed by atoms with Crippen LogP contribution in [0.1, 0.15) is 35.2 Å². The van der Waals surface area contributed by atoms with E-state index in [1.54, 1.807) is 11.3 Å². The van der Waals surface area contributed by atoms with E-state index in [1.165, 1.54) is 19.3 Å². The molecule has 2 aromatic carbocycles. The summed E-state index contributed by atoms with van der Waals surface area (Å²) in [6.07, 6.45) is 3.83. The number of aryl methyl sites for hydroxylation is 1. The summed E-state index contributed by atoms with van der Waals surface area (Å²) in [5, 5.41) is 6.20. The Kier molecular flexibility index (Phi) is 5.21. The molecule has 0 saturated carbocycles. The second-order valence-electron chi connectivity index (χ2n) is 6.91. The summed E-state index contributed by atoms with van der Waals surface area (Å²) in [4.78, 5) is 19.6. The maximum Gasteiger partial charge on any atom is 0.255 e. The fourth-order valence-electron chi connectivity index (χ4n) is 3.38. The van der Waals surface area contributed by atoms with Crippen LogP contribution in [0, 0.1) is 6.92 Å². The monoisotopic (exact) mass is 377 g/mol. The van der Waals surface area contributed by atoms with Crippen LogP contribution in [-0.2, 0) is 0 Å². The summed E-state index contributed by atoms with van der Waals surface area (Å²) in [6, 6.07) is 15.5. The van der Waals surface area contributed by atoms with E-state index in [4.69, 9.17) is 4.98 Å². The number of carbonyl (C=O) groups is 1. The quantitative estimate of drug-likeness (QED) is 0.665. The highest BCUT2D eigenvalue weighted by molar-refractivity contribution is 7.14. The van der Waals surface area contributed by atoms with Gasteiger partial charge in [-0.25, -0.2) is 4.98 Å². The van der Waals surface area contributed by atoms with E-state index < -0.39 is 0 Å². The third-order valence-corrected chi connectivity index (χ3v) is 5.85. The molecule has 1 amide bonds. The number of thiazole rings is 1. The molecule has 0 atom stereocenters. The standard InChI is InChI=1S/C22H23N3OS/c1-16-7-3-4-8-19(16)21(26)23-18-11-9-17(10-12-18)20-15-27-22(24-20)25-13-5-2-6-14-25/h3-4,7-12,15H,2,5-6,13-14H2,1H3,(H,23,26). The van der Waals surface area contributed by atoms with Gasteiger partial charge in [-0.15, -0.1) is 11.3 Å². The molecule has 138 valence electrons. The van der Waals surface area contributed by atoms with Gasteiger partial charge in [0.1, 0.15) is 0 Å². The lowest BCUT2D eigenvalue weighted by Crippen LogP contribution is -2.29. The van der Waals surface area contributed by atoms with E-state index in [9.17, 15) is 4.79 Å². The van der Waals surface area contributed by atoms with Gasteiger partial charge in [-0.05, 0) is 49.9 Å². The molecule has 1 aliphatic rings. The highest BCUT2D eigenvalue weighted by Crippen LogP contribution is 2.29. The van der Waals surface area contributed by atoms with Crippen LogP contribution in [-0.4, -0.2) is 24.0 Å². The molecule has 1 saturated heterocycles. The zero-order valence-electron chi connectivity index (χ0n) is 15.4. The second kappa shape index (κ2) is 7.92. The second-order valence-corrected chi connectivity index (χ2v) is 7.75. The number of amides is 1. The minimum atomic E-state index is -0.0816. The molecule has 0 unspecified atom stereocenters.